The molecule has 0 radical (unpaired) electrons. The van der Waals surface area contributed by atoms with Crippen LogP contribution in [-0.2, 0) is 10.9 Å². The topological polar surface area (TPSA) is 47.0 Å². The summed E-state index contributed by atoms with van der Waals surface area (Å²) in [5, 5.41) is 8.20. The molecule has 0 saturated carbocycles. The lowest BCUT2D eigenvalue weighted by atomic mass is 10.7. The van der Waals surface area contributed by atoms with Crippen LogP contribution < -0.4 is 5.32 Å². The van der Waals surface area contributed by atoms with Crippen LogP contribution in [0.4, 0.5) is 18.3 Å². The number of hydrogen-bond donors (Lipinski definition) is 1. The number of rotatable bonds is 4. The molecule has 0 aliphatic rings. The molecule has 0 aliphatic heterocycles. The molecular weight excluding hydrogens is 219 g/mol. The normalized spacial score (nSPS) is 11.7. The highest BCUT2D eigenvalue weighted by molar-refractivity contribution is 7.15. The summed E-state index contributed by atoms with van der Waals surface area (Å²) in [7, 11) is 1.50. The van der Waals surface area contributed by atoms with E-state index in [4.69, 9.17) is 4.74 Å². The number of methoxy groups -OCH3 is 1. The molecule has 1 aromatic heterocycles. The zero-order valence-corrected chi connectivity index (χ0v) is 8.08. The lowest BCUT2D eigenvalue weighted by molar-refractivity contribution is -0.138. The Hall–Kier alpha value is -0.890. The first kappa shape index (κ1) is 11.2. The molecule has 0 amide bonds. The van der Waals surface area contributed by atoms with Crippen LogP contribution in [0, 0.1) is 0 Å². The van der Waals surface area contributed by atoms with Gasteiger partial charge in [-0.1, -0.05) is 11.3 Å². The van der Waals surface area contributed by atoms with E-state index in [2.05, 4.69) is 15.5 Å². The Morgan fingerprint density at radius 1 is 1.43 bits per heavy atom. The second-order valence-electron chi connectivity index (χ2n) is 2.33. The summed E-state index contributed by atoms with van der Waals surface area (Å²) in [5.74, 6) is 0. The fourth-order valence-electron chi connectivity index (χ4n) is 0.669. The number of ether oxygens (including phenoxy) is 1. The highest BCUT2D eigenvalue weighted by Gasteiger charge is 2.35. The van der Waals surface area contributed by atoms with Gasteiger partial charge in [0.2, 0.25) is 10.1 Å². The van der Waals surface area contributed by atoms with Gasteiger partial charge in [-0.25, -0.2) is 0 Å². The van der Waals surface area contributed by atoms with E-state index in [0.717, 1.165) is 0 Å². The molecule has 1 rings (SSSR count). The Bertz CT molecular complexity index is 288. The molecule has 0 aromatic carbocycles. The van der Waals surface area contributed by atoms with E-state index in [1.54, 1.807) is 0 Å². The average molecular weight is 227 g/mol. The van der Waals surface area contributed by atoms with Crippen molar-refractivity contribution >= 4 is 16.5 Å². The lowest BCUT2D eigenvalue weighted by Gasteiger charge is -1.99. The molecule has 0 saturated heterocycles. The molecule has 0 atom stereocenters. The van der Waals surface area contributed by atoms with E-state index < -0.39 is 11.2 Å². The average Bonchev–Trinajstić information content (AvgIpc) is 2.52. The minimum absolute atomic E-state index is 0.148. The Kier molecular flexibility index (Phi) is 3.64. The van der Waals surface area contributed by atoms with Crippen molar-refractivity contribution in [3.63, 3.8) is 0 Å². The molecule has 8 heteroatoms. The highest BCUT2D eigenvalue weighted by Crippen LogP contribution is 2.32. The maximum absolute atomic E-state index is 12.0. The monoisotopic (exact) mass is 227 g/mol. The van der Waals surface area contributed by atoms with Gasteiger partial charge in [-0.3, -0.25) is 0 Å². The first-order valence-corrected chi connectivity index (χ1v) is 4.49. The van der Waals surface area contributed by atoms with E-state index in [0.29, 0.717) is 24.5 Å². The van der Waals surface area contributed by atoms with Gasteiger partial charge in [0.05, 0.1) is 6.61 Å². The van der Waals surface area contributed by atoms with Crippen molar-refractivity contribution in [1.82, 2.24) is 10.2 Å². The molecular formula is C6H8F3N3OS. The Labute approximate surface area is 82.1 Å². The Morgan fingerprint density at radius 3 is 2.64 bits per heavy atom. The summed E-state index contributed by atoms with van der Waals surface area (Å²) in [6.07, 6.45) is -4.42. The SMILES string of the molecule is COCCNc1nnc(C(F)(F)F)s1. The fourth-order valence-corrected chi connectivity index (χ4v) is 1.31. The third-order valence-electron chi connectivity index (χ3n) is 1.25. The van der Waals surface area contributed by atoms with Crippen molar-refractivity contribution < 1.29 is 17.9 Å². The van der Waals surface area contributed by atoms with Crippen LogP contribution in [0.3, 0.4) is 0 Å². The minimum atomic E-state index is -4.42. The summed E-state index contributed by atoms with van der Waals surface area (Å²) < 4.78 is 40.8. The molecule has 1 heterocycles. The van der Waals surface area contributed by atoms with Gasteiger partial charge < -0.3 is 10.1 Å². The van der Waals surface area contributed by atoms with E-state index in [1.807, 2.05) is 0 Å². The van der Waals surface area contributed by atoms with Crippen molar-refractivity contribution in [3.8, 4) is 0 Å². The number of nitrogens with zero attached hydrogens (tertiary/aromatic N) is 2. The Morgan fingerprint density at radius 2 is 2.14 bits per heavy atom. The number of aromatic nitrogens is 2. The van der Waals surface area contributed by atoms with E-state index in [-0.39, 0.29) is 5.13 Å². The van der Waals surface area contributed by atoms with Crippen LogP contribution in [0.5, 0.6) is 0 Å². The molecule has 0 spiro atoms. The Balaban J connectivity index is 2.51. The van der Waals surface area contributed by atoms with Crippen molar-refractivity contribution in [2.75, 3.05) is 25.6 Å². The standard InChI is InChI=1S/C6H8F3N3OS/c1-13-3-2-10-5-12-11-4(14-5)6(7,8)9/h2-3H2,1H3,(H,10,12). The molecule has 1 N–H and O–H groups in total. The largest absolute Gasteiger partial charge is 0.445 e. The molecule has 0 bridgehead atoms. The van der Waals surface area contributed by atoms with Gasteiger partial charge >= 0.3 is 6.18 Å². The fraction of sp³-hybridized carbons (Fsp3) is 0.667. The number of alkyl halides is 3. The molecule has 0 fully saturated rings. The summed E-state index contributed by atoms with van der Waals surface area (Å²) >= 11 is 0.476. The van der Waals surface area contributed by atoms with Gasteiger partial charge in [-0.05, 0) is 0 Å². The third kappa shape index (κ3) is 3.11. The smallest absolute Gasteiger partial charge is 0.383 e. The summed E-state index contributed by atoms with van der Waals surface area (Å²) in [6, 6.07) is 0. The van der Waals surface area contributed by atoms with Gasteiger partial charge in [0, 0.05) is 13.7 Å². The van der Waals surface area contributed by atoms with E-state index in [1.165, 1.54) is 7.11 Å². The van der Waals surface area contributed by atoms with Gasteiger partial charge in [0.25, 0.3) is 0 Å². The zero-order valence-electron chi connectivity index (χ0n) is 7.26. The first-order chi connectivity index (χ1) is 6.54. The summed E-state index contributed by atoms with van der Waals surface area (Å²) in [6.45, 7) is 0.809. The first-order valence-electron chi connectivity index (χ1n) is 3.67. The predicted octanol–water partition coefficient (Wildman–Crippen LogP) is 1.62. The van der Waals surface area contributed by atoms with Crippen molar-refractivity contribution in [2.45, 2.75) is 6.18 Å². The van der Waals surface area contributed by atoms with Crippen LogP contribution in [-0.4, -0.2) is 30.5 Å². The number of anilines is 1. The van der Waals surface area contributed by atoms with Crippen molar-refractivity contribution in [2.24, 2.45) is 0 Å². The number of halogens is 3. The van der Waals surface area contributed by atoms with Crippen LogP contribution >= 0.6 is 11.3 Å². The quantitative estimate of drug-likeness (QED) is 0.794. The highest BCUT2D eigenvalue weighted by atomic mass is 32.1. The number of hydrogen-bond acceptors (Lipinski definition) is 5. The maximum Gasteiger partial charge on any atom is 0.445 e. The second-order valence-corrected chi connectivity index (χ2v) is 3.31. The van der Waals surface area contributed by atoms with Crippen molar-refractivity contribution in [1.29, 1.82) is 0 Å². The van der Waals surface area contributed by atoms with Gasteiger partial charge in [0.1, 0.15) is 0 Å². The van der Waals surface area contributed by atoms with Gasteiger partial charge in [-0.2, -0.15) is 13.2 Å². The predicted molar refractivity (Wildman–Crippen MR) is 45.3 cm³/mol. The second kappa shape index (κ2) is 4.56. The van der Waals surface area contributed by atoms with Crippen LogP contribution in [0.1, 0.15) is 5.01 Å². The van der Waals surface area contributed by atoms with Crippen LogP contribution in [0.2, 0.25) is 0 Å². The third-order valence-corrected chi connectivity index (χ3v) is 2.18. The van der Waals surface area contributed by atoms with E-state index in [9.17, 15) is 13.2 Å². The molecule has 0 aliphatic carbocycles. The van der Waals surface area contributed by atoms with Gasteiger partial charge in [0.15, 0.2) is 0 Å². The molecule has 0 unspecified atom stereocenters. The molecule has 14 heavy (non-hydrogen) atoms. The zero-order chi connectivity index (χ0) is 10.6. The van der Waals surface area contributed by atoms with Crippen LogP contribution in [0.15, 0.2) is 0 Å². The van der Waals surface area contributed by atoms with Crippen LogP contribution in [0.25, 0.3) is 0 Å². The summed E-state index contributed by atoms with van der Waals surface area (Å²) in [5.41, 5.74) is 0. The molecule has 1 aromatic rings. The summed E-state index contributed by atoms with van der Waals surface area (Å²) in [4.78, 5) is 0. The maximum atomic E-state index is 12.0. The van der Waals surface area contributed by atoms with E-state index >= 15 is 0 Å². The van der Waals surface area contributed by atoms with Crippen molar-refractivity contribution in [3.05, 3.63) is 5.01 Å². The van der Waals surface area contributed by atoms with Gasteiger partial charge in [-0.15, -0.1) is 10.2 Å². The molecule has 4 nitrogen and oxygen atoms in total. The lowest BCUT2D eigenvalue weighted by Crippen LogP contribution is -2.06. The molecule has 80 valence electrons. The minimum Gasteiger partial charge on any atom is -0.383 e. The number of nitrogens with one attached hydrogen (secondary N) is 1.